The Morgan fingerprint density at radius 2 is 2.05 bits per heavy atom. The van der Waals surface area contributed by atoms with E-state index in [1.165, 1.54) is 4.31 Å². The number of aliphatic hydroxyl groups is 1. The molecule has 1 N–H and O–H groups in total. The molecular formula is C14H17NO4S. The molecule has 20 heavy (non-hydrogen) atoms. The SMILES string of the molecule is O=S(=O)(c1ccccc1C#CCO)N1CCCOCC1. The Kier molecular flexibility index (Phi) is 5.15. The molecule has 0 spiro atoms. The van der Waals surface area contributed by atoms with Gasteiger partial charge in [0.1, 0.15) is 6.61 Å². The van der Waals surface area contributed by atoms with Crippen LogP contribution in [0.4, 0.5) is 0 Å². The Morgan fingerprint density at radius 3 is 2.85 bits per heavy atom. The molecule has 0 amide bonds. The zero-order valence-electron chi connectivity index (χ0n) is 11.1. The molecule has 0 unspecified atom stereocenters. The van der Waals surface area contributed by atoms with Gasteiger partial charge in [-0.25, -0.2) is 8.42 Å². The molecule has 1 fully saturated rings. The van der Waals surface area contributed by atoms with Crippen LogP contribution >= 0.6 is 0 Å². The predicted octanol–water partition coefficient (Wildman–Crippen LogP) is 0.441. The smallest absolute Gasteiger partial charge is 0.244 e. The van der Waals surface area contributed by atoms with E-state index in [2.05, 4.69) is 11.8 Å². The van der Waals surface area contributed by atoms with Crippen LogP contribution in [-0.4, -0.2) is 50.7 Å². The normalized spacial score (nSPS) is 17.1. The summed E-state index contributed by atoms with van der Waals surface area (Å²) in [6.45, 7) is 1.49. The molecule has 6 heteroatoms. The lowest BCUT2D eigenvalue weighted by molar-refractivity contribution is 0.148. The lowest BCUT2D eigenvalue weighted by atomic mass is 10.2. The summed E-state index contributed by atoms with van der Waals surface area (Å²) < 4.78 is 32.0. The van der Waals surface area contributed by atoms with Crippen LogP contribution in [0.1, 0.15) is 12.0 Å². The van der Waals surface area contributed by atoms with Crippen LogP contribution in [0.25, 0.3) is 0 Å². The maximum absolute atomic E-state index is 12.7. The Morgan fingerprint density at radius 1 is 1.25 bits per heavy atom. The minimum absolute atomic E-state index is 0.183. The summed E-state index contributed by atoms with van der Waals surface area (Å²) in [5.41, 5.74) is 0.409. The fourth-order valence-electron chi connectivity index (χ4n) is 2.03. The Hall–Kier alpha value is -1.39. The molecule has 2 rings (SSSR count). The molecule has 0 radical (unpaired) electrons. The van der Waals surface area contributed by atoms with Crippen molar-refractivity contribution in [1.29, 1.82) is 0 Å². The van der Waals surface area contributed by atoms with Gasteiger partial charge < -0.3 is 9.84 Å². The average Bonchev–Trinajstić information content (AvgIpc) is 2.75. The fraction of sp³-hybridized carbons (Fsp3) is 0.429. The number of hydrogen-bond donors (Lipinski definition) is 1. The van der Waals surface area contributed by atoms with Gasteiger partial charge in [-0.05, 0) is 18.6 Å². The standard InChI is InChI=1S/C14H17NO4S/c16-10-3-6-13-5-1-2-7-14(13)20(17,18)15-8-4-11-19-12-9-15/h1-2,5,7,16H,4,8-12H2. The molecule has 1 aromatic rings. The highest BCUT2D eigenvalue weighted by Crippen LogP contribution is 2.20. The third-order valence-corrected chi connectivity index (χ3v) is 4.95. The van der Waals surface area contributed by atoms with E-state index in [9.17, 15) is 8.42 Å². The molecule has 0 bridgehead atoms. The van der Waals surface area contributed by atoms with Gasteiger partial charge in [0.25, 0.3) is 0 Å². The van der Waals surface area contributed by atoms with Crippen molar-refractivity contribution < 1.29 is 18.3 Å². The number of rotatable bonds is 2. The van der Waals surface area contributed by atoms with Crippen LogP contribution in [-0.2, 0) is 14.8 Å². The number of sulfonamides is 1. The minimum atomic E-state index is -3.58. The van der Waals surface area contributed by atoms with Gasteiger partial charge in [0.2, 0.25) is 10.0 Å². The van der Waals surface area contributed by atoms with E-state index in [1.807, 2.05) is 0 Å². The second-order valence-corrected chi connectivity index (χ2v) is 6.23. The van der Waals surface area contributed by atoms with Gasteiger partial charge in [-0.3, -0.25) is 0 Å². The minimum Gasteiger partial charge on any atom is -0.384 e. The lowest BCUT2D eigenvalue weighted by Gasteiger charge is -2.20. The van der Waals surface area contributed by atoms with E-state index in [0.29, 0.717) is 38.3 Å². The Bertz CT molecular complexity index is 608. The molecule has 0 aliphatic carbocycles. The fourth-order valence-corrected chi connectivity index (χ4v) is 3.64. The molecule has 1 heterocycles. The highest BCUT2D eigenvalue weighted by molar-refractivity contribution is 7.89. The quantitative estimate of drug-likeness (QED) is 0.804. The summed E-state index contributed by atoms with van der Waals surface area (Å²) in [5, 5.41) is 8.76. The number of benzene rings is 1. The molecule has 0 atom stereocenters. The largest absolute Gasteiger partial charge is 0.384 e. The topological polar surface area (TPSA) is 66.8 Å². The van der Waals surface area contributed by atoms with E-state index >= 15 is 0 Å². The first-order valence-corrected chi connectivity index (χ1v) is 7.87. The maximum Gasteiger partial charge on any atom is 0.244 e. The monoisotopic (exact) mass is 295 g/mol. The Labute approximate surface area is 119 Å². The molecule has 1 aliphatic heterocycles. The van der Waals surface area contributed by atoms with Crippen LogP contribution in [0.2, 0.25) is 0 Å². The van der Waals surface area contributed by atoms with Crippen molar-refractivity contribution in [3.63, 3.8) is 0 Å². The summed E-state index contributed by atoms with van der Waals surface area (Å²) >= 11 is 0. The van der Waals surface area contributed by atoms with Crippen molar-refractivity contribution in [2.24, 2.45) is 0 Å². The van der Waals surface area contributed by atoms with E-state index in [-0.39, 0.29) is 11.5 Å². The van der Waals surface area contributed by atoms with Crippen LogP contribution in [0.5, 0.6) is 0 Å². The highest BCUT2D eigenvalue weighted by Gasteiger charge is 2.27. The van der Waals surface area contributed by atoms with Gasteiger partial charge in [0.15, 0.2) is 0 Å². The summed E-state index contributed by atoms with van der Waals surface area (Å²) in [6.07, 6.45) is 0.684. The third kappa shape index (κ3) is 3.38. The van der Waals surface area contributed by atoms with Gasteiger partial charge in [-0.15, -0.1) is 0 Å². The van der Waals surface area contributed by atoms with E-state index in [0.717, 1.165) is 0 Å². The number of nitrogens with zero attached hydrogens (tertiary/aromatic N) is 1. The van der Waals surface area contributed by atoms with Gasteiger partial charge in [0, 0.05) is 25.3 Å². The molecule has 1 saturated heterocycles. The summed E-state index contributed by atoms with van der Waals surface area (Å²) in [4.78, 5) is 0.183. The molecule has 0 saturated carbocycles. The number of ether oxygens (including phenoxy) is 1. The lowest BCUT2D eigenvalue weighted by Crippen LogP contribution is -2.33. The van der Waals surface area contributed by atoms with Crippen molar-refractivity contribution >= 4 is 10.0 Å². The van der Waals surface area contributed by atoms with Gasteiger partial charge in [-0.1, -0.05) is 24.0 Å². The first kappa shape index (κ1) is 15.0. The van der Waals surface area contributed by atoms with Crippen LogP contribution in [0, 0.1) is 11.8 Å². The van der Waals surface area contributed by atoms with E-state index in [1.54, 1.807) is 24.3 Å². The Balaban J connectivity index is 2.38. The van der Waals surface area contributed by atoms with Crippen molar-refractivity contribution in [3.8, 4) is 11.8 Å². The highest BCUT2D eigenvalue weighted by atomic mass is 32.2. The van der Waals surface area contributed by atoms with Gasteiger partial charge in [-0.2, -0.15) is 4.31 Å². The first-order chi connectivity index (χ1) is 9.66. The maximum atomic E-state index is 12.7. The number of aliphatic hydroxyl groups excluding tert-OH is 1. The van der Waals surface area contributed by atoms with Gasteiger partial charge in [0.05, 0.1) is 11.5 Å². The average molecular weight is 295 g/mol. The van der Waals surface area contributed by atoms with E-state index in [4.69, 9.17) is 9.84 Å². The summed E-state index contributed by atoms with van der Waals surface area (Å²) in [7, 11) is -3.58. The molecule has 0 aromatic heterocycles. The van der Waals surface area contributed by atoms with Gasteiger partial charge >= 0.3 is 0 Å². The predicted molar refractivity (Wildman–Crippen MR) is 74.6 cm³/mol. The van der Waals surface area contributed by atoms with Crippen molar-refractivity contribution in [2.75, 3.05) is 32.9 Å². The zero-order chi connectivity index (χ0) is 14.4. The summed E-state index contributed by atoms with van der Waals surface area (Å²) in [5.74, 6) is 5.18. The second-order valence-electron chi connectivity index (χ2n) is 4.33. The molecular weight excluding hydrogens is 278 g/mol. The van der Waals surface area contributed by atoms with E-state index < -0.39 is 10.0 Å². The van der Waals surface area contributed by atoms with Crippen molar-refractivity contribution in [3.05, 3.63) is 29.8 Å². The van der Waals surface area contributed by atoms with Crippen molar-refractivity contribution in [1.82, 2.24) is 4.31 Å². The molecule has 1 aromatic carbocycles. The zero-order valence-corrected chi connectivity index (χ0v) is 11.9. The molecule has 1 aliphatic rings. The van der Waals surface area contributed by atoms with Crippen molar-refractivity contribution in [2.45, 2.75) is 11.3 Å². The first-order valence-electron chi connectivity index (χ1n) is 6.43. The van der Waals surface area contributed by atoms with Crippen LogP contribution in [0.15, 0.2) is 29.2 Å². The van der Waals surface area contributed by atoms with Crippen LogP contribution in [0.3, 0.4) is 0 Å². The summed E-state index contributed by atoms with van der Waals surface area (Å²) in [6, 6.07) is 6.59. The van der Waals surface area contributed by atoms with Crippen LogP contribution < -0.4 is 0 Å². The number of hydrogen-bond acceptors (Lipinski definition) is 4. The third-order valence-electron chi connectivity index (χ3n) is 2.99. The molecule has 108 valence electrons. The second kappa shape index (κ2) is 6.86. The molecule has 5 nitrogen and oxygen atoms in total.